The Bertz CT molecular complexity index is 1130. The van der Waals surface area contributed by atoms with Gasteiger partial charge in [0.15, 0.2) is 0 Å². The van der Waals surface area contributed by atoms with Gasteiger partial charge in [0.05, 0.1) is 22.5 Å². The smallest absolute Gasteiger partial charge is 0.282 e. The van der Waals surface area contributed by atoms with E-state index >= 15 is 4.39 Å². The SMILES string of the molecule is O=c1nc(NCC2(F)CCN(Cc3cc(Cl)cc(Cl)c3O)CC2)[nH]c2ccccc12. The molecule has 0 amide bonds. The van der Waals surface area contributed by atoms with Crippen LogP contribution in [0.4, 0.5) is 10.3 Å². The molecule has 1 aliphatic heterocycles. The number of hydrogen-bond acceptors (Lipinski definition) is 5. The maximum absolute atomic E-state index is 15.3. The number of anilines is 1. The molecule has 1 fully saturated rings. The zero-order chi connectivity index (χ0) is 21.3. The second kappa shape index (κ2) is 8.41. The number of phenols is 1. The van der Waals surface area contributed by atoms with Gasteiger partial charge in [-0.25, -0.2) is 4.39 Å². The number of piperidine rings is 1. The minimum atomic E-state index is -1.42. The number of nitrogens with zero attached hydrogens (tertiary/aromatic N) is 2. The number of fused-ring (bicyclic) bond motifs is 1. The van der Waals surface area contributed by atoms with Crippen molar-refractivity contribution < 1.29 is 9.50 Å². The summed E-state index contributed by atoms with van der Waals surface area (Å²) < 4.78 is 15.3. The molecule has 1 aromatic heterocycles. The number of para-hydroxylation sites is 1. The van der Waals surface area contributed by atoms with Crippen LogP contribution in [0.25, 0.3) is 10.9 Å². The molecule has 3 N–H and O–H groups in total. The number of aromatic nitrogens is 2. The fraction of sp³-hybridized carbons (Fsp3) is 0.333. The molecule has 4 rings (SSSR count). The molecule has 0 bridgehead atoms. The van der Waals surface area contributed by atoms with Gasteiger partial charge in [-0.15, -0.1) is 0 Å². The molecular formula is C21H21Cl2FN4O2. The van der Waals surface area contributed by atoms with Crippen molar-refractivity contribution in [2.45, 2.75) is 25.1 Å². The van der Waals surface area contributed by atoms with Crippen LogP contribution in [0.15, 0.2) is 41.2 Å². The van der Waals surface area contributed by atoms with E-state index in [-0.39, 0.29) is 28.8 Å². The van der Waals surface area contributed by atoms with Gasteiger partial charge in [0.25, 0.3) is 5.56 Å². The van der Waals surface area contributed by atoms with E-state index < -0.39 is 5.67 Å². The van der Waals surface area contributed by atoms with Crippen LogP contribution in [-0.4, -0.2) is 45.3 Å². The van der Waals surface area contributed by atoms with Crippen molar-refractivity contribution in [2.24, 2.45) is 0 Å². The average Bonchev–Trinajstić information content (AvgIpc) is 2.72. The van der Waals surface area contributed by atoms with E-state index in [4.69, 9.17) is 23.2 Å². The molecule has 30 heavy (non-hydrogen) atoms. The fourth-order valence-corrected chi connectivity index (χ4v) is 4.23. The van der Waals surface area contributed by atoms with Crippen molar-refractivity contribution in [1.82, 2.24) is 14.9 Å². The number of likely N-dealkylation sites (tertiary alicyclic amines) is 1. The number of H-pyrrole nitrogens is 1. The predicted molar refractivity (Wildman–Crippen MR) is 117 cm³/mol. The summed E-state index contributed by atoms with van der Waals surface area (Å²) in [6, 6.07) is 10.2. The molecule has 6 nitrogen and oxygen atoms in total. The molecule has 0 unspecified atom stereocenters. The Kier molecular flexibility index (Phi) is 5.86. The van der Waals surface area contributed by atoms with Gasteiger partial charge in [-0.05, 0) is 37.1 Å². The third-order valence-electron chi connectivity index (χ3n) is 5.45. The van der Waals surface area contributed by atoms with Crippen molar-refractivity contribution in [3.05, 3.63) is 62.4 Å². The first-order valence-electron chi connectivity index (χ1n) is 9.64. The maximum atomic E-state index is 15.3. The van der Waals surface area contributed by atoms with Crippen LogP contribution in [0.1, 0.15) is 18.4 Å². The lowest BCUT2D eigenvalue weighted by Crippen LogP contribution is -2.45. The van der Waals surface area contributed by atoms with Crippen molar-refractivity contribution in [3.63, 3.8) is 0 Å². The minimum absolute atomic E-state index is 0.00570. The Balaban J connectivity index is 1.37. The van der Waals surface area contributed by atoms with Crippen LogP contribution < -0.4 is 10.9 Å². The number of benzene rings is 2. The molecule has 2 aromatic carbocycles. The Morgan fingerprint density at radius 3 is 2.73 bits per heavy atom. The standard InChI is InChI=1S/C21H21Cl2FN4O2/c22-14-9-13(18(29)16(23)10-14)11-28-7-5-21(24,6-8-28)12-25-20-26-17-4-2-1-3-15(17)19(30)27-20/h1-4,9-10,29H,5-8,11-12H2,(H2,25,26,27,30). The molecular weight excluding hydrogens is 430 g/mol. The Hall–Kier alpha value is -2.35. The second-order valence-corrected chi connectivity index (χ2v) is 8.46. The molecule has 0 atom stereocenters. The molecule has 2 heterocycles. The molecule has 1 saturated heterocycles. The fourth-order valence-electron chi connectivity index (χ4n) is 3.69. The third-order valence-corrected chi connectivity index (χ3v) is 5.96. The van der Waals surface area contributed by atoms with E-state index in [1.807, 2.05) is 6.07 Å². The monoisotopic (exact) mass is 450 g/mol. The lowest BCUT2D eigenvalue weighted by molar-refractivity contribution is 0.0650. The van der Waals surface area contributed by atoms with E-state index in [1.54, 1.807) is 24.3 Å². The first kappa shape index (κ1) is 20.9. The summed E-state index contributed by atoms with van der Waals surface area (Å²) in [5.41, 5.74) is -0.499. The van der Waals surface area contributed by atoms with Gasteiger partial charge < -0.3 is 15.4 Å². The van der Waals surface area contributed by atoms with Crippen LogP contribution in [-0.2, 0) is 6.54 Å². The molecule has 0 saturated carbocycles. The largest absolute Gasteiger partial charge is 0.506 e. The summed E-state index contributed by atoms with van der Waals surface area (Å²) in [6.45, 7) is 1.53. The second-order valence-electron chi connectivity index (χ2n) is 7.61. The number of hydrogen-bond donors (Lipinski definition) is 3. The van der Waals surface area contributed by atoms with Crippen LogP contribution in [0.2, 0.25) is 10.0 Å². The van der Waals surface area contributed by atoms with Gasteiger partial charge in [0, 0.05) is 30.2 Å². The lowest BCUT2D eigenvalue weighted by Gasteiger charge is -2.36. The summed E-state index contributed by atoms with van der Waals surface area (Å²) in [4.78, 5) is 21.2. The Labute approximate surface area is 182 Å². The van der Waals surface area contributed by atoms with Crippen molar-refractivity contribution in [2.75, 3.05) is 25.0 Å². The molecule has 0 aliphatic carbocycles. The summed E-state index contributed by atoms with van der Waals surface area (Å²) in [5.74, 6) is 0.266. The van der Waals surface area contributed by atoms with Crippen molar-refractivity contribution >= 4 is 40.1 Å². The normalized spacial score (nSPS) is 16.6. The van der Waals surface area contributed by atoms with Crippen molar-refractivity contribution in [1.29, 1.82) is 0 Å². The third kappa shape index (κ3) is 4.53. The van der Waals surface area contributed by atoms with E-state index in [9.17, 15) is 9.90 Å². The van der Waals surface area contributed by atoms with Gasteiger partial charge in [-0.2, -0.15) is 4.98 Å². The van der Waals surface area contributed by atoms with Gasteiger partial charge in [0.2, 0.25) is 5.95 Å². The van der Waals surface area contributed by atoms with Gasteiger partial charge in [-0.3, -0.25) is 9.69 Å². The molecule has 9 heteroatoms. The van der Waals surface area contributed by atoms with Crippen LogP contribution in [0, 0.1) is 0 Å². The molecule has 0 radical (unpaired) electrons. The number of nitrogens with one attached hydrogen (secondary N) is 2. The summed E-state index contributed by atoms with van der Waals surface area (Å²) in [7, 11) is 0. The van der Waals surface area contributed by atoms with E-state index in [1.165, 1.54) is 6.07 Å². The van der Waals surface area contributed by atoms with Gasteiger partial charge in [-0.1, -0.05) is 35.3 Å². The topological polar surface area (TPSA) is 81.2 Å². The van der Waals surface area contributed by atoms with Crippen LogP contribution >= 0.6 is 23.2 Å². The van der Waals surface area contributed by atoms with Crippen LogP contribution in [0.5, 0.6) is 5.75 Å². The first-order valence-corrected chi connectivity index (χ1v) is 10.4. The summed E-state index contributed by atoms with van der Waals surface area (Å²) in [5, 5.41) is 14.2. The number of alkyl halides is 1. The Morgan fingerprint density at radius 1 is 1.23 bits per heavy atom. The number of rotatable bonds is 5. The van der Waals surface area contributed by atoms with E-state index in [0.29, 0.717) is 54.0 Å². The highest BCUT2D eigenvalue weighted by molar-refractivity contribution is 6.35. The molecule has 3 aromatic rings. The zero-order valence-corrected chi connectivity index (χ0v) is 17.6. The number of halogens is 3. The van der Waals surface area contributed by atoms with Crippen molar-refractivity contribution in [3.8, 4) is 5.75 Å². The maximum Gasteiger partial charge on any atom is 0.282 e. The minimum Gasteiger partial charge on any atom is -0.506 e. The quantitative estimate of drug-likeness (QED) is 0.538. The molecule has 158 valence electrons. The van der Waals surface area contributed by atoms with Gasteiger partial charge >= 0.3 is 0 Å². The Morgan fingerprint density at radius 2 is 1.97 bits per heavy atom. The highest BCUT2D eigenvalue weighted by Crippen LogP contribution is 2.34. The summed E-state index contributed by atoms with van der Waals surface area (Å²) >= 11 is 12.0. The summed E-state index contributed by atoms with van der Waals surface area (Å²) in [6.07, 6.45) is 0.625. The predicted octanol–water partition coefficient (Wildman–Crippen LogP) is 4.35. The number of phenolic OH excluding ortho intramolecular Hbond substituents is 1. The lowest BCUT2D eigenvalue weighted by atomic mass is 9.93. The van der Waals surface area contributed by atoms with E-state index in [0.717, 1.165) is 0 Å². The first-order chi connectivity index (χ1) is 14.3. The van der Waals surface area contributed by atoms with E-state index in [2.05, 4.69) is 20.2 Å². The number of aromatic amines is 1. The van der Waals surface area contributed by atoms with Crippen LogP contribution in [0.3, 0.4) is 0 Å². The average molecular weight is 451 g/mol. The van der Waals surface area contributed by atoms with Gasteiger partial charge in [0.1, 0.15) is 11.4 Å². The molecule has 1 aliphatic rings. The zero-order valence-electron chi connectivity index (χ0n) is 16.1. The number of aromatic hydroxyl groups is 1. The highest BCUT2D eigenvalue weighted by atomic mass is 35.5. The highest BCUT2D eigenvalue weighted by Gasteiger charge is 2.34. The molecule has 0 spiro atoms.